The third kappa shape index (κ3) is 3.91. The van der Waals surface area contributed by atoms with E-state index in [-0.39, 0.29) is 0 Å². The average Bonchev–Trinajstić information content (AvgIpc) is 2.09. The van der Waals surface area contributed by atoms with Crippen molar-refractivity contribution in [1.82, 2.24) is 10.9 Å². The van der Waals surface area contributed by atoms with Crippen LogP contribution < -0.4 is 10.9 Å². The summed E-state index contributed by atoms with van der Waals surface area (Å²) in [7, 11) is 0. The molecule has 70 valence electrons. The Morgan fingerprint density at radius 1 is 1.42 bits per heavy atom. The lowest BCUT2D eigenvalue weighted by molar-refractivity contribution is 0.198. The zero-order valence-electron chi connectivity index (χ0n) is 8.27. The predicted octanol–water partition coefficient (Wildman–Crippen LogP) is 1.90. The summed E-state index contributed by atoms with van der Waals surface area (Å²) in [5, 5.41) is 0. The molecule has 0 saturated heterocycles. The topological polar surface area (TPSA) is 33.3 Å². The third-order valence-electron chi connectivity index (χ3n) is 1.15. The van der Waals surface area contributed by atoms with Gasteiger partial charge < -0.3 is 10.2 Å². The van der Waals surface area contributed by atoms with E-state index in [4.69, 9.17) is 4.74 Å². The maximum absolute atomic E-state index is 5.20. The molecule has 0 aliphatic carbocycles. The molecule has 2 N–H and O–H groups in total. The molecule has 0 amide bonds. The second-order valence-electron chi connectivity index (χ2n) is 2.10. The number of rotatable bonds is 2. The number of nitrogens with one attached hydrogen (secondary N) is 2. The molecule has 0 spiro atoms. The number of hydrogen-bond donors (Lipinski definition) is 2. The van der Waals surface area contributed by atoms with Crippen molar-refractivity contribution in [3.8, 4) is 0 Å². The van der Waals surface area contributed by atoms with Gasteiger partial charge in [-0.15, -0.1) is 0 Å². The van der Waals surface area contributed by atoms with Crippen molar-refractivity contribution in [3.63, 3.8) is 0 Å². The smallest absolute Gasteiger partial charge is 0.205 e. The highest BCUT2D eigenvalue weighted by molar-refractivity contribution is 5.20. The van der Waals surface area contributed by atoms with Gasteiger partial charge in [0.05, 0.1) is 6.61 Å². The first kappa shape index (κ1) is 10.9. The van der Waals surface area contributed by atoms with Crippen LogP contribution in [0.15, 0.2) is 23.7 Å². The van der Waals surface area contributed by atoms with Gasteiger partial charge in [0.2, 0.25) is 5.88 Å². The second-order valence-corrected chi connectivity index (χ2v) is 2.10. The molecule has 0 fully saturated rings. The fourth-order valence-corrected chi connectivity index (χ4v) is 0.739. The molecule has 0 saturated carbocycles. The van der Waals surface area contributed by atoms with Gasteiger partial charge in [0.1, 0.15) is 0 Å². The Kier molecular flexibility index (Phi) is 5.97. The van der Waals surface area contributed by atoms with E-state index in [1.165, 1.54) is 0 Å². The SMILES string of the molecule is CC.CCOC1=CC(C)=CNN1. The molecular weight excluding hydrogens is 152 g/mol. The summed E-state index contributed by atoms with van der Waals surface area (Å²) in [4.78, 5) is 0. The zero-order valence-corrected chi connectivity index (χ0v) is 8.27. The van der Waals surface area contributed by atoms with Crippen LogP contribution in [0, 0.1) is 0 Å². The van der Waals surface area contributed by atoms with Crippen molar-refractivity contribution in [2.75, 3.05) is 6.61 Å². The van der Waals surface area contributed by atoms with Gasteiger partial charge >= 0.3 is 0 Å². The first-order valence-corrected chi connectivity index (χ1v) is 4.35. The van der Waals surface area contributed by atoms with Gasteiger partial charge in [0.15, 0.2) is 0 Å². The van der Waals surface area contributed by atoms with Gasteiger partial charge in [-0.2, -0.15) is 0 Å². The molecule has 12 heavy (non-hydrogen) atoms. The molecule has 3 heteroatoms. The Bertz CT molecular complexity index is 173. The van der Waals surface area contributed by atoms with Crippen LogP contribution in [-0.2, 0) is 4.74 Å². The Balaban J connectivity index is 0.000000561. The average molecular weight is 170 g/mol. The van der Waals surface area contributed by atoms with Gasteiger partial charge in [-0.1, -0.05) is 13.8 Å². The van der Waals surface area contributed by atoms with Crippen molar-refractivity contribution in [1.29, 1.82) is 0 Å². The summed E-state index contributed by atoms with van der Waals surface area (Å²) >= 11 is 0. The standard InChI is InChI=1S/C7H12N2O.C2H6/c1-3-10-7-4-6(2)5-8-9-7;1-2/h4-5,8-9H,3H2,1-2H3;1-2H3. The first-order chi connectivity index (χ1) is 5.83. The Labute approximate surface area is 74.5 Å². The minimum Gasteiger partial charge on any atom is -0.478 e. The number of hydrazine groups is 1. The lowest BCUT2D eigenvalue weighted by atomic mass is 10.3. The largest absolute Gasteiger partial charge is 0.478 e. The van der Waals surface area contributed by atoms with Gasteiger partial charge in [0, 0.05) is 12.3 Å². The van der Waals surface area contributed by atoms with Gasteiger partial charge in [0.25, 0.3) is 0 Å². The zero-order chi connectivity index (χ0) is 9.40. The molecule has 0 radical (unpaired) electrons. The molecule has 0 aromatic carbocycles. The number of allylic oxidation sites excluding steroid dienone is 2. The summed E-state index contributed by atoms with van der Waals surface area (Å²) in [6.45, 7) is 8.65. The van der Waals surface area contributed by atoms with E-state index >= 15 is 0 Å². The van der Waals surface area contributed by atoms with Crippen LogP contribution in [0.1, 0.15) is 27.7 Å². The van der Waals surface area contributed by atoms with Crippen LogP contribution in [0.5, 0.6) is 0 Å². The maximum Gasteiger partial charge on any atom is 0.205 e. The summed E-state index contributed by atoms with van der Waals surface area (Å²) in [5.74, 6) is 0.780. The highest BCUT2D eigenvalue weighted by Gasteiger charge is 1.98. The lowest BCUT2D eigenvalue weighted by Crippen LogP contribution is -2.30. The van der Waals surface area contributed by atoms with E-state index in [0.717, 1.165) is 11.5 Å². The van der Waals surface area contributed by atoms with E-state index < -0.39 is 0 Å². The lowest BCUT2D eigenvalue weighted by Gasteiger charge is -2.15. The normalized spacial score (nSPS) is 14.0. The number of ether oxygens (including phenoxy) is 1. The molecule has 0 unspecified atom stereocenters. The van der Waals surface area contributed by atoms with E-state index in [1.54, 1.807) is 0 Å². The Hall–Kier alpha value is -1.12. The predicted molar refractivity (Wildman–Crippen MR) is 51.1 cm³/mol. The molecule has 3 nitrogen and oxygen atoms in total. The van der Waals surface area contributed by atoms with E-state index in [1.807, 2.05) is 40.0 Å². The molecule has 0 atom stereocenters. The molecule has 0 aromatic heterocycles. The van der Waals surface area contributed by atoms with Crippen LogP contribution in [0.25, 0.3) is 0 Å². The van der Waals surface area contributed by atoms with Crippen LogP contribution >= 0.6 is 0 Å². The minimum absolute atomic E-state index is 0.688. The van der Waals surface area contributed by atoms with Crippen LogP contribution in [0.2, 0.25) is 0 Å². The maximum atomic E-state index is 5.20. The summed E-state index contributed by atoms with van der Waals surface area (Å²) in [5.41, 5.74) is 6.88. The fraction of sp³-hybridized carbons (Fsp3) is 0.556. The fourth-order valence-electron chi connectivity index (χ4n) is 0.739. The molecule has 1 rings (SSSR count). The van der Waals surface area contributed by atoms with Crippen molar-refractivity contribution in [2.45, 2.75) is 27.7 Å². The Morgan fingerprint density at radius 3 is 2.58 bits per heavy atom. The molecule has 1 heterocycles. The van der Waals surface area contributed by atoms with E-state index in [0.29, 0.717) is 6.61 Å². The monoisotopic (exact) mass is 170 g/mol. The molecule has 0 bridgehead atoms. The van der Waals surface area contributed by atoms with Crippen LogP contribution in [0.3, 0.4) is 0 Å². The van der Waals surface area contributed by atoms with Crippen molar-refractivity contribution in [3.05, 3.63) is 23.7 Å². The summed E-state index contributed by atoms with van der Waals surface area (Å²) < 4.78 is 5.20. The van der Waals surface area contributed by atoms with Crippen molar-refractivity contribution >= 4 is 0 Å². The molecule has 1 aliphatic heterocycles. The van der Waals surface area contributed by atoms with Gasteiger partial charge in [-0.25, -0.2) is 0 Å². The second kappa shape index (κ2) is 6.58. The van der Waals surface area contributed by atoms with Gasteiger partial charge in [-0.3, -0.25) is 5.43 Å². The molecule has 1 aliphatic rings. The van der Waals surface area contributed by atoms with Crippen molar-refractivity contribution < 1.29 is 4.74 Å². The van der Waals surface area contributed by atoms with E-state index in [2.05, 4.69) is 10.9 Å². The van der Waals surface area contributed by atoms with Gasteiger partial charge in [-0.05, 0) is 19.4 Å². The van der Waals surface area contributed by atoms with Crippen LogP contribution in [0.4, 0.5) is 0 Å². The quantitative estimate of drug-likeness (QED) is 0.664. The first-order valence-electron chi connectivity index (χ1n) is 4.35. The minimum atomic E-state index is 0.688. The van der Waals surface area contributed by atoms with Crippen molar-refractivity contribution in [2.24, 2.45) is 0 Å². The van der Waals surface area contributed by atoms with E-state index in [9.17, 15) is 0 Å². The molecular formula is C9H18N2O. The van der Waals surface area contributed by atoms with Crippen LogP contribution in [-0.4, -0.2) is 6.61 Å². The highest BCUT2D eigenvalue weighted by atomic mass is 16.5. The molecule has 0 aromatic rings. The highest BCUT2D eigenvalue weighted by Crippen LogP contribution is 2.02. The Morgan fingerprint density at radius 2 is 2.08 bits per heavy atom. The number of hydrogen-bond acceptors (Lipinski definition) is 3. The third-order valence-corrected chi connectivity index (χ3v) is 1.15. The summed E-state index contributed by atoms with van der Waals surface area (Å²) in [6.07, 6.45) is 3.82. The summed E-state index contributed by atoms with van der Waals surface area (Å²) in [6, 6.07) is 0.